The Bertz CT molecular complexity index is 292. The van der Waals surface area contributed by atoms with E-state index in [0.717, 1.165) is 23.3 Å². The van der Waals surface area contributed by atoms with Gasteiger partial charge in [0.2, 0.25) is 0 Å². The number of aliphatic hydroxyl groups excluding tert-OH is 1. The van der Waals surface area contributed by atoms with E-state index in [1.807, 2.05) is 24.3 Å². The molecule has 1 N–H and O–H groups in total. The summed E-state index contributed by atoms with van der Waals surface area (Å²) in [5, 5.41) is 9.14. The zero-order valence-electron chi connectivity index (χ0n) is 7.79. The predicted molar refractivity (Wildman–Crippen MR) is 52.8 cm³/mol. The summed E-state index contributed by atoms with van der Waals surface area (Å²) in [5.74, 6) is 0.738. The first-order chi connectivity index (χ1) is 6.33. The highest BCUT2D eigenvalue weighted by Crippen LogP contribution is 2.22. The van der Waals surface area contributed by atoms with Crippen LogP contribution in [0.25, 0.3) is 0 Å². The summed E-state index contributed by atoms with van der Waals surface area (Å²) < 4.78 is 5.13. The average molecular weight is 178 g/mol. The Morgan fingerprint density at radius 1 is 1.54 bits per heavy atom. The van der Waals surface area contributed by atoms with Crippen LogP contribution in [-0.4, -0.2) is 12.2 Å². The first kappa shape index (κ1) is 9.81. The molecule has 0 aliphatic carbocycles. The maximum atomic E-state index is 9.14. The molecule has 0 aliphatic rings. The second kappa shape index (κ2) is 4.67. The Labute approximate surface area is 78.5 Å². The second-order valence-electron chi connectivity index (χ2n) is 2.75. The topological polar surface area (TPSA) is 29.5 Å². The Morgan fingerprint density at radius 3 is 2.85 bits per heavy atom. The van der Waals surface area contributed by atoms with Crippen molar-refractivity contribution in [3.8, 4) is 5.75 Å². The van der Waals surface area contributed by atoms with Crippen molar-refractivity contribution in [2.75, 3.05) is 7.11 Å². The van der Waals surface area contributed by atoms with Gasteiger partial charge in [0.25, 0.3) is 0 Å². The van der Waals surface area contributed by atoms with Gasteiger partial charge in [-0.05, 0) is 18.1 Å². The maximum absolute atomic E-state index is 9.14. The summed E-state index contributed by atoms with van der Waals surface area (Å²) in [4.78, 5) is 0. The summed E-state index contributed by atoms with van der Waals surface area (Å²) in [6.45, 7) is 3.67. The molecule has 1 aromatic carbocycles. The molecule has 0 amide bonds. The highest BCUT2D eigenvalue weighted by atomic mass is 16.5. The van der Waals surface area contributed by atoms with E-state index in [9.17, 15) is 0 Å². The predicted octanol–water partition coefficient (Wildman–Crippen LogP) is 1.92. The van der Waals surface area contributed by atoms with Crippen LogP contribution in [0.1, 0.15) is 11.1 Å². The van der Waals surface area contributed by atoms with Crippen LogP contribution >= 0.6 is 0 Å². The van der Waals surface area contributed by atoms with Crippen LogP contribution in [-0.2, 0) is 13.0 Å². The van der Waals surface area contributed by atoms with E-state index >= 15 is 0 Å². The number of ether oxygens (including phenoxy) is 1. The SMILES string of the molecule is C=CCc1cccc(OC)c1CO. The first-order valence-electron chi connectivity index (χ1n) is 4.20. The van der Waals surface area contributed by atoms with Gasteiger partial charge in [-0.1, -0.05) is 18.2 Å². The summed E-state index contributed by atoms with van der Waals surface area (Å²) >= 11 is 0. The third-order valence-electron chi connectivity index (χ3n) is 1.97. The van der Waals surface area contributed by atoms with E-state index in [1.165, 1.54) is 0 Å². The van der Waals surface area contributed by atoms with Gasteiger partial charge in [-0.15, -0.1) is 6.58 Å². The minimum atomic E-state index is 0.00713. The average Bonchev–Trinajstić information content (AvgIpc) is 2.18. The van der Waals surface area contributed by atoms with Crippen molar-refractivity contribution in [2.45, 2.75) is 13.0 Å². The van der Waals surface area contributed by atoms with Crippen LogP contribution in [0.5, 0.6) is 5.75 Å². The molecule has 1 aromatic rings. The van der Waals surface area contributed by atoms with Gasteiger partial charge in [-0.2, -0.15) is 0 Å². The first-order valence-corrected chi connectivity index (χ1v) is 4.20. The highest BCUT2D eigenvalue weighted by molar-refractivity contribution is 5.40. The monoisotopic (exact) mass is 178 g/mol. The fourth-order valence-corrected chi connectivity index (χ4v) is 1.33. The summed E-state index contributed by atoms with van der Waals surface area (Å²) in [5.41, 5.74) is 1.92. The van der Waals surface area contributed by atoms with Crippen molar-refractivity contribution in [1.82, 2.24) is 0 Å². The third kappa shape index (κ3) is 2.10. The Hall–Kier alpha value is -1.28. The maximum Gasteiger partial charge on any atom is 0.124 e. The molecule has 0 aliphatic heterocycles. The Kier molecular flexibility index (Phi) is 3.53. The molecular formula is C11H14O2. The molecule has 1 rings (SSSR count). The molecule has 0 aromatic heterocycles. The molecule has 0 radical (unpaired) electrons. The molecule has 0 atom stereocenters. The number of aliphatic hydroxyl groups is 1. The van der Waals surface area contributed by atoms with Gasteiger partial charge >= 0.3 is 0 Å². The minimum absolute atomic E-state index is 0.00713. The van der Waals surface area contributed by atoms with Crippen LogP contribution in [0, 0.1) is 0 Å². The van der Waals surface area contributed by atoms with Crippen molar-refractivity contribution in [3.63, 3.8) is 0 Å². The van der Waals surface area contributed by atoms with Crippen LogP contribution in [0.2, 0.25) is 0 Å². The third-order valence-corrected chi connectivity index (χ3v) is 1.97. The van der Waals surface area contributed by atoms with Gasteiger partial charge in [0.1, 0.15) is 5.75 Å². The standard InChI is InChI=1S/C11H14O2/c1-3-5-9-6-4-7-11(13-2)10(9)8-12/h3-4,6-7,12H,1,5,8H2,2H3. The lowest BCUT2D eigenvalue weighted by atomic mass is 10.0. The van der Waals surface area contributed by atoms with Crippen LogP contribution < -0.4 is 4.74 Å². The largest absolute Gasteiger partial charge is 0.496 e. The lowest BCUT2D eigenvalue weighted by Gasteiger charge is -2.09. The van der Waals surface area contributed by atoms with E-state index in [0.29, 0.717) is 0 Å². The number of hydrogen-bond donors (Lipinski definition) is 1. The van der Waals surface area contributed by atoms with Gasteiger partial charge in [0.05, 0.1) is 13.7 Å². The smallest absolute Gasteiger partial charge is 0.124 e. The molecule has 13 heavy (non-hydrogen) atoms. The lowest BCUT2D eigenvalue weighted by Crippen LogP contribution is -1.97. The summed E-state index contributed by atoms with van der Waals surface area (Å²) in [6.07, 6.45) is 2.57. The van der Waals surface area contributed by atoms with Crippen molar-refractivity contribution in [3.05, 3.63) is 42.0 Å². The molecule has 0 bridgehead atoms. The van der Waals surface area contributed by atoms with Gasteiger partial charge in [-0.25, -0.2) is 0 Å². The van der Waals surface area contributed by atoms with Gasteiger partial charge in [-0.3, -0.25) is 0 Å². The number of benzene rings is 1. The summed E-state index contributed by atoms with van der Waals surface area (Å²) in [7, 11) is 1.60. The van der Waals surface area contributed by atoms with Crippen molar-refractivity contribution >= 4 is 0 Å². The van der Waals surface area contributed by atoms with Crippen molar-refractivity contribution in [2.24, 2.45) is 0 Å². The molecule has 0 saturated heterocycles. The molecule has 0 heterocycles. The molecule has 0 fully saturated rings. The van der Waals surface area contributed by atoms with Crippen molar-refractivity contribution in [1.29, 1.82) is 0 Å². The molecule has 0 saturated carbocycles. The Balaban J connectivity index is 3.10. The van der Waals surface area contributed by atoms with Gasteiger partial charge in [0, 0.05) is 5.56 Å². The molecule has 0 unspecified atom stereocenters. The van der Waals surface area contributed by atoms with Gasteiger partial charge in [0.15, 0.2) is 0 Å². The van der Waals surface area contributed by atoms with E-state index < -0.39 is 0 Å². The minimum Gasteiger partial charge on any atom is -0.496 e. The van der Waals surface area contributed by atoms with Crippen LogP contribution in [0.3, 0.4) is 0 Å². The van der Waals surface area contributed by atoms with E-state index in [4.69, 9.17) is 9.84 Å². The molecule has 2 nitrogen and oxygen atoms in total. The second-order valence-corrected chi connectivity index (χ2v) is 2.75. The molecule has 70 valence electrons. The lowest BCUT2D eigenvalue weighted by molar-refractivity contribution is 0.272. The Morgan fingerprint density at radius 2 is 2.31 bits per heavy atom. The van der Waals surface area contributed by atoms with Crippen molar-refractivity contribution < 1.29 is 9.84 Å². The molecular weight excluding hydrogens is 164 g/mol. The number of rotatable bonds is 4. The van der Waals surface area contributed by atoms with E-state index in [1.54, 1.807) is 7.11 Å². The summed E-state index contributed by atoms with van der Waals surface area (Å²) in [6, 6.07) is 5.73. The normalized spacial score (nSPS) is 9.69. The fraction of sp³-hybridized carbons (Fsp3) is 0.273. The number of methoxy groups -OCH3 is 1. The zero-order chi connectivity index (χ0) is 9.68. The zero-order valence-corrected chi connectivity index (χ0v) is 7.79. The van der Waals surface area contributed by atoms with E-state index in [2.05, 4.69) is 6.58 Å². The number of hydrogen-bond acceptors (Lipinski definition) is 2. The van der Waals surface area contributed by atoms with Crippen LogP contribution in [0.15, 0.2) is 30.9 Å². The highest BCUT2D eigenvalue weighted by Gasteiger charge is 2.05. The quantitative estimate of drug-likeness (QED) is 0.714. The van der Waals surface area contributed by atoms with E-state index in [-0.39, 0.29) is 6.61 Å². The van der Waals surface area contributed by atoms with Gasteiger partial charge < -0.3 is 9.84 Å². The van der Waals surface area contributed by atoms with Crippen LogP contribution in [0.4, 0.5) is 0 Å². The number of allylic oxidation sites excluding steroid dienone is 1. The molecule has 2 heteroatoms. The molecule has 0 spiro atoms. The fourth-order valence-electron chi connectivity index (χ4n) is 1.33.